The van der Waals surface area contributed by atoms with E-state index in [9.17, 15) is 4.79 Å². The first kappa shape index (κ1) is 32.2. The van der Waals surface area contributed by atoms with Gasteiger partial charge in [0.1, 0.15) is 12.2 Å². The molecule has 3 aliphatic heterocycles. The third-order valence-corrected chi connectivity index (χ3v) is 18.2. The molecule has 3 heterocycles. The molecule has 0 radical (unpaired) electrons. The van der Waals surface area contributed by atoms with Gasteiger partial charge >= 0.3 is 0 Å². The van der Waals surface area contributed by atoms with Crippen LogP contribution in [0.25, 0.3) is 0 Å². The predicted octanol–water partition coefficient (Wildman–Crippen LogP) is 5.57. The van der Waals surface area contributed by atoms with Crippen LogP contribution in [0.5, 0.6) is 0 Å². The van der Waals surface area contributed by atoms with Crippen molar-refractivity contribution in [2.24, 2.45) is 5.92 Å². The first-order valence-corrected chi connectivity index (χ1v) is 20.1. The lowest BCUT2D eigenvalue weighted by atomic mass is 9.92. The number of nitrogens with one attached hydrogen (secondary N) is 1. The minimum absolute atomic E-state index is 0.0106. The van der Waals surface area contributed by atoms with Gasteiger partial charge in [-0.3, -0.25) is 4.79 Å². The van der Waals surface area contributed by atoms with Gasteiger partial charge in [-0.25, -0.2) is 0 Å². The van der Waals surface area contributed by atoms with Gasteiger partial charge in [0, 0.05) is 0 Å². The molecule has 1 N–H and O–H groups in total. The fraction of sp³-hybridized carbons (Fsp3) is 0.964. The van der Waals surface area contributed by atoms with Crippen LogP contribution in [0.1, 0.15) is 75.7 Å². The van der Waals surface area contributed by atoms with Crippen LogP contribution in [0, 0.1) is 5.92 Å². The van der Waals surface area contributed by atoms with Crippen LogP contribution in [0.2, 0.25) is 36.3 Å². The van der Waals surface area contributed by atoms with Gasteiger partial charge in [-0.15, -0.1) is 0 Å². The maximum Gasteiger partial charge on any atom is 0.226 e. The normalized spacial score (nSPS) is 31.9. The van der Waals surface area contributed by atoms with Gasteiger partial charge in [0.15, 0.2) is 28.2 Å². The van der Waals surface area contributed by atoms with Crippen molar-refractivity contribution in [1.29, 1.82) is 0 Å². The first-order valence-electron chi connectivity index (χ1n) is 14.2. The summed E-state index contributed by atoms with van der Waals surface area (Å²) in [6.07, 6.45) is -0.741. The summed E-state index contributed by atoms with van der Waals surface area (Å²) in [6, 6.07) is -0.218. The van der Waals surface area contributed by atoms with Crippen LogP contribution in [0.4, 0.5) is 0 Å². The molecule has 10 heteroatoms. The number of amides is 1. The maximum absolute atomic E-state index is 13.7. The number of rotatable bonds is 8. The first-order chi connectivity index (χ1) is 16.9. The van der Waals surface area contributed by atoms with Gasteiger partial charge in [0.05, 0.1) is 37.4 Å². The molecule has 0 aromatic heterocycles. The molecule has 0 spiro atoms. The lowest BCUT2D eigenvalue weighted by molar-refractivity contribution is -0.156. The topological polar surface area (TPSA) is 84.5 Å². The summed E-state index contributed by atoms with van der Waals surface area (Å²) < 4.78 is 38.5. The monoisotopic (exact) mass is 573 g/mol. The summed E-state index contributed by atoms with van der Waals surface area (Å²) in [5.74, 6) is -1.79. The van der Waals surface area contributed by atoms with Crippen molar-refractivity contribution in [3.05, 3.63) is 0 Å². The SMILES string of the molecule is CC1(C)OC[C@@H]([C@H](O[Si](C)(C)C(C)(C)C)[C@@H]2C[C@H]([C@@H](O[Si](C)(C)C(C)(C)C)[C@@H]3COC(C)(C)O3)C(=O)N2)O1. The van der Waals surface area contributed by atoms with Gasteiger partial charge in [-0.05, 0) is 70.4 Å². The van der Waals surface area contributed by atoms with Gasteiger partial charge in [0.2, 0.25) is 5.91 Å². The van der Waals surface area contributed by atoms with Crippen LogP contribution in [-0.4, -0.2) is 77.8 Å². The Kier molecular flexibility index (Phi) is 8.89. The molecular weight excluding hydrogens is 518 g/mol. The minimum atomic E-state index is -2.22. The van der Waals surface area contributed by atoms with Crippen molar-refractivity contribution in [2.75, 3.05) is 13.2 Å². The fourth-order valence-electron chi connectivity index (χ4n) is 4.85. The molecule has 3 aliphatic rings. The second-order valence-electron chi connectivity index (χ2n) is 15.4. The smallest absolute Gasteiger partial charge is 0.226 e. The third kappa shape index (κ3) is 7.10. The lowest BCUT2D eigenvalue weighted by Crippen LogP contribution is -2.54. The molecule has 8 nitrogen and oxygen atoms in total. The van der Waals surface area contributed by atoms with E-state index in [1.165, 1.54) is 0 Å². The number of carbonyl (C=O) groups is 1. The summed E-state index contributed by atoms with van der Waals surface area (Å²) in [6.45, 7) is 30.8. The minimum Gasteiger partial charge on any atom is -0.410 e. The number of ether oxygens (including phenoxy) is 4. The molecule has 3 fully saturated rings. The van der Waals surface area contributed by atoms with Gasteiger partial charge in [-0.1, -0.05) is 41.5 Å². The van der Waals surface area contributed by atoms with Gasteiger partial charge in [0.25, 0.3) is 0 Å². The number of carbonyl (C=O) groups excluding carboxylic acids is 1. The highest BCUT2D eigenvalue weighted by atomic mass is 28.4. The standard InChI is InChI=1S/C28H55NO7Si2/c1-25(2,3)37(11,12)35-22(20-16-31-27(7,8)33-20)18-15-19(29-24(18)30)23(21-17-32-28(9,10)34-21)36-38(13,14)26(4,5)6/h18-23H,15-17H2,1-14H3,(H,29,30)/t18-,19+,20+,21+,22-,23-/m1/s1. The average molecular weight is 574 g/mol. The van der Waals surface area contributed by atoms with E-state index >= 15 is 0 Å². The zero-order chi connectivity index (χ0) is 29.1. The molecule has 3 saturated heterocycles. The average Bonchev–Trinajstić information content (AvgIpc) is 3.38. The molecule has 3 rings (SSSR count). The quantitative estimate of drug-likeness (QED) is 0.380. The predicted molar refractivity (Wildman–Crippen MR) is 154 cm³/mol. The second-order valence-corrected chi connectivity index (χ2v) is 24.9. The van der Waals surface area contributed by atoms with Gasteiger partial charge < -0.3 is 33.1 Å². The third-order valence-electron chi connectivity index (χ3n) is 9.23. The largest absolute Gasteiger partial charge is 0.410 e. The Balaban J connectivity index is 1.92. The summed E-state index contributed by atoms with van der Waals surface area (Å²) >= 11 is 0. The molecule has 0 aromatic carbocycles. The molecule has 0 aliphatic carbocycles. The second kappa shape index (κ2) is 10.5. The lowest BCUT2D eigenvalue weighted by Gasteiger charge is -2.43. The van der Waals surface area contributed by atoms with Crippen LogP contribution in [0.15, 0.2) is 0 Å². The Morgan fingerprint density at radius 2 is 1.18 bits per heavy atom. The molecule has 0 unspecified atom stereocenters. The van der Waals surface area contributed by atoms with Gasteiger partial charge in [-0.2, -0.15) is 0 Å². The van der Waals surface area contributed by atoms with E-state index < -0.39 is 34.3 Å². The van der Waals surface area contributed by atoms with E-state index in [2.05, 4.69) is 73.0 Å². The number of hydrogen-bond acceptors (Lipinski definition) is 7. The van der Waals surface area contributed by atoms with E-state index in [-0.39, 0.29) is 46.3 Å². The van der Waals surface area contributed by atoms with Crippen LogP contribution < -0.4 is 5.32 Å². The fourth-order valence-corrected chi connectivity index (χ4v) is 7.55. The van der Waals surface area contributed by atoms with Crippen molar-refractivity contribution in [2.45, 2.75) is 154 Å². The summed E-state index contributed by atoms with van der Waals surface area (Å²) in [4.78, 5) is 13.7. The molecule has 0 aromatic rings. The Morgan fingerprint density at radius 1 is 0.789 bits per heavy atom. The number of hydrogen-bond donors (Lipinski definition) is 1. The Hall–Kier alpha value is -0.336. The molecule has 0 bridgehead atoms. The summed E-state index contributed by atoms with van der Waals surface area (Å²) in [5, 5.41) is 3.29. The molecule has 38 heavy (non-hydrogen) atoms. The Bertz CT molecular complexity index is 862. The zero-order valence-corrected chi connectivity index (χ0v) is 28.4. The highest BCUT2D eigenvalue weighted by Crippen LogP contribution is 2.44. The molecule has 6 atom stereocenters. The molecule has 222 valence electrons. The van der Waals surface area contributed by atoms with E-state index in [1.807, 2.05) is 27.7 Å². The summed E-state index contributed by atoms with van der Waals surface area (Å²) in [5.41, 5.74) is 0. The van der Waals surface area contributed by atoms with E-state index in [1.54, 1.807) is 0 Å². The van der Waals surface area contributed by atoms with Crippen LogP contribution >= 0.6 is 0 Å². The van der Waals surface area contributed by atoms with E-state index in [0.717, 1.165) is 0 Å². The maximum atomic E-state index is 13.7. The van der Waals surface area contributed by atoms with Crippen molar-refractivity contribution >= 4 is 22.5 Å². The summed E-state index contributed by atoms with van der Waals surface area (Å²) in [7, 11) is -4.40. The van der Waals surface area contributed by atoms with Crippen molar-refractivity contribution < 1.29 is 32.6 Å². The molecular formula is C28H55NO7Si2. The van der Waals surface area contributed by atoms with Crippen molar-refractivity contribution in [1.82, 2.24) is 5.32 Å². The van der Waals surface area contributed by atoms with Crippen LogP contribution in [-0.2, 0) is 32.6 Å². The molecule has 0 saturated carbocycles. The zero-order valence-electron chi connectivity index (χ0n) is 26.4. The van der Waals surface area contributed by atoms with E-state index in [0.29, 0.717) is 19.6 Å². The van der Waals surface area contributed by atoms with Crippen molar-refractivity contribution in [3.63, 3.8) is 0 Å². The highest BCUT2D eigenvalue weighted by Gasteiger charge is 2.54. The Labute approximate surface area is 233 Å². The van der Waals surface area contributed by atoms with Crippen molar-refractivity contribution in [3.8, 4) is 0 Å². The Morgan fingerprint density at radius 3 is 1.55 bits per heavy atom. The molecule has 1 amide bonds. The highest BCUT2D eigenvalue weighted by molar-refractivity contribution is 6.74. The van der Waals surface area contributed by atoms with E-state index in [4.69, 9.17) is 27.8 Å². The van der Waals surface area contributed by atoms with Crippen LogP contribution in [0.3, 0.4) is 0 Å².